The van der Waals surface area contributed by atoms with E-state index in [0.29, 0.717) is 27.8 Å². The number of hydrogen-bond donors (Lipinski definition) is 1. The molecule has 1 N–H and O–H groups in total. The van der Waals surface area contributed by atoms with E-state index in [2.05, 4.69) is 5.32 Å². The number of methoxy groups -OCH3 is 2. The molecule has 0 spiro atoms. The molecule has 0 aliphatic carbocycles. The lowest BCUT2D eigenvalue weighted by molar-refractivity contribution is -0.137. The second kappa shape index (κ2) is 9.34. The highest BCUT2D eigenvalue weighted by molar-refractivity contribution is 6.36. The van der Waals surface area contributed by atoms with Gasteiger partial charge < -0.3 is 14.8 Å². The van der Waals surface area contributed by atoms with Crippen molar-refractivity contribution in [2.75, 3.05) is 19.5 Å². The number of ether oxygens (including phenoxy) is 2. The van der Waals surface area contributed by atoms with Crippen LogP contribution in [0.5, 0.6) is 11.5 Å². The second-order valence-electron chi connectivity index (χ2n) is 7.27. The minimum absolute atomic E-state index is 0.0639. The molecule has 4 rings (SSSR count). The number of imide groups is 1. The Kier molecular flexibility index (Phi) is 6.33. The Labute approximate surface area is 195 Å². The first-order valence-electron chi connectivity index (χ1n) is 10.0. The summed E-state index contributed by atoms with van der Waals surface area (Å²) < 4.78 is 24.8. The van der Waals surface area contributed by atoms with Crippen molar-refractivity contribution in [1.29, 1.82) is 0 Å². The van der Waals surface area contributed by atoms with Gasteiger partial charge in [-0.05, 0) is 23.8 Å². The molecule has 8 heteroatoms. The van der Waals surface area contributed by atoms with Crippen molar-refractivity contribution in [3.8, 4) is 11.5 Å². The molecule has 0 unspecified atom stereocenters. The molecule has 1 heterocycles. The largest absolute Gasteiger partial charge is 0.497 e. The number of anilines is 1. The van der Waals surface area contributed by atoms with Gasteiger partial charge in [-0.3, -0.25) is 14.5 Å². The summed E-state index contributed by atoms with van der Waals surface area (Å²) in [5.74, 6) is -0.598. The summed E-state index contributed by atoms with van der Waals surface area (Å²) in [7, 11) is 3.02. The molecule has 0 saturated carbocycles. The number of halogens is 2. The molecule has 3 aromatic rings. The standard InChI is InChI=1S/C25H20ClFN2O4/c1-32-19-11-18(12-20(13-19)33-2)28-23-22(15-7-9-17(26)10-8-15)24(30)29(25(23)31)14-16-5-3-4-6-21(16)27/h3-13,28H,14H2,1-2H3. The van der Waals surface area contributed by atoms with Crippen molar-refractivity contribution in [2.24, 2.45) is 0 Å². The minimum Gasteiger partial charge on any atom is -0.497 e. The maximum Gasteiger partial charge on any atom is 0.278 e. The third-order valence-electron chi connectivity index (χ3n) is 5.21. The van der Waals surface area contributed by atoms with Crippen LogP contribution in [0.25, 0.3) is 5.57 Å². The number of amides is 2. The smallest absolute Gasteiger partial charge is 0.278 e. The van der Waals surface area contributed by atoms with Crippen LogP contribution in [0.1, 0.15) is 11.1 Å². The lowest BCUT2D eigenvalue weighted by Crippen LogP contribution is -2.32. The van der Waals surface area contributed by atoms with Crippen LogP contribution in [0, 0.1) is 5.82 Å². The first kappa shape index (κ1) is 22.4. The van der Waals surface area contributed by atoms with Gasteiger partial charge in [0.1, 0.15) is 23.0 Å². The zero-order valence-electron chi connectivity index (χ0n) is 17.9. The van der Waals surface area contributed by atoms with Crippen LogP contribution >= 0.6 is 11.6 Å². The van der Waals surface area contributed by atoms with Crippen molar-refractivity contribution in [2.45, 2.75) is 6.54 Å². The van der Waals surface area contributed by atoms with Crippen LogP contribution < -0.4 is 14.8 Å². The fraction of sp³-hybridized carbons (Fsp3) is 0.120. The molecule has 0 fully saturated rings. The number of carbonyl (C=O) groups is 2. The molecule has 1 aliphatic heterocycles. The zero-order valence-corrected chi connectivity index (χ0v) is 18.7. The zero-order chi connectivity index (χ0) is 23.5. The van der Waals surface area contributed by atoms with Crippen molar-refractivity contribution >= 4 is 34.7 Å². The van der Waals surface area contributed by atoms with Gasteiger partial charge in [-0.1, -0.05) is 41.9 Å². The number of nitrogens with zero attached hydrogens (tertiary/aromatic N) is 1. The summed E-state index contributed by atoms with van der Waals surface area (Å²) in [5.41, 5.74) is 1.45. The number of hydrogen-bond acceptors (Lipinski definition) is 5. The van der Waals surface area contributed by atoms with E-state index in [4.69, 9.17) is 21.1 Å². The lowest BCUT2D eigenvalue weighted by Gasteiger charge is -2.16. The SMILES string of the molecule is COc1cc(NC2=C(c3ccc(Cl)cc3)C(=O)N(Cc3ccccc3F)C2=O)cc(OC)c1. The van der Waals surface area contributed by atoms with E-state index in [-0.39, 0.29) is 23.4 Å². The summed E-state index contributed by atoms with van der Waals surface area (Å²) in [6.45, 7) is -0.200. The lowest BCUT2D eigenvalue weighted by atomic mass is 10.0. The van der Waals surface area contributed by atoms with Gasteiger partial charge in [-0.2, -0.15) is 0 Å². The Hall–Kier alpha value is -3.84. The molecule has 0 bridgehead atoms. The predicted octanol–water partition coefficient (Wildman–Crippen LogP) is 4.89. The maximum atomic E-state index is 14.3. The van der Waals surface area contributed by atoms with Crippen molar-refractivity contribution in [3.05, 3.63) is 94.4 Å². The van der Waals surface area contributed by atoms with Gasteiger partial charge >= 0.3 is 0 Å². The van der Waals surface area contributed by atoms with Gasteiger partial charge in [0.05, 0.1) is 26.3 Å². The Bertz CT molecular complexity index is 1240. The Morgan fingerprint density at radius 1 is 0.909 bits per heavy atom. The molecular weight excluding hydrogens is 447 g/mol. The van der Waals surface area contributed by atoms with E-state index >= 15 is 0 Å². The number of nitrogens with one attached hydrogen (secondary N) is 1. The topological polar surface area (TPSA) is 67.9 Å². The molecule has 3 aromatic carbocycles. The average Bonchev–Trinajstić information content (AvgIpc) is 3.05. The molecular formula is C25H20ClFN2O4. The predicted molar refractivity (Wildman–Crippen MR) is 123 cm³/mol. The van der Waals surface area contributed by atoms with Crippen LogP contribution in [-0.2, 0) is 16.1 Å². The average molecular weight is 467 g/mol. The number of rotatable bonds is 7. The number of carbonyl (C=O) groups excluding carboxylic acids is 2. The van der Waals surface area contributed by atoms with Crippen LogP contribution in [-0.4, -0.2) is 30.9 Å². The summed E-state index contributed by atoms with van der Waals surface area (Å²) in [6.07, 6.45) is 0. The van der Waals surface area contributed by atoms with Crippen LogP contribution in [0.3, 0.4) is 0 Å². The van der Waals surface area contributed by atoms with Gasteiger partial charge in [0.15, 0.2) is 0 Å². The first-order valence-corrected chi connectivity index (χ1v) is 10.4. The van der Waals surface area contributed by atoms with Crippen molar-refractivity contribution < 1.29 is 23.5 Å². The van der Waals surface area contributed by atoms with Gasteiger partial charge in [-0.25, -0.2) is 4.39 Å². The molecule has 0 radical (unpaired) electrons. The summed E-state index contributed by atoms with van der Waals surface area (Å²) >= 11 is 6.01. The van der Waals surface area contributed by atoms with Gasteiger partial charge in [-0.15, -0.1) is 0 Å². The van der Waals surface area contributed by atoms with Crippen molar-refractivity contribution in [1.82, 2.24) is 4.90 Å². The summed E-state index contributed by atoms with van der Waals surface area (Å²) in [6, 6.07) is 17.6. The Balaban J connectivity index is 1.77. The molecule has 168 valence electrons. The molecule has 2 amide bonds. The molecule has 0 atom stereocenters. The minimum atomic E-state index is -0.574. The fourth-order valence-corrected chi connectivity index (χ4v) is 3.67. The molecule has 0 saturated heterocycles. The third kappa shape index (κ3) is 4.54. The fourth-order valence-electron chi connectivity index (χ4n) is 3.54. The van der Waals surface area contributed by atoms with Gasteiger partial charge in [0, 0.05) is 34.5 Å². The summed E-state index contributed by atoms with van der Waals surface area (Å²) in [5, 5.41) is 3.54. The monoisotopic (exact) mass is 466 g/mol. The van der Waals surface area contributed by atoms with Crippen LogP contribution in [0.2, 0.25) is 5.02 Å². The highest BCUT2D eigenvalue weighted by atomic mass is 35.5. The molecule has 0 aromatic heterocycles. The molecule has 1 aliphatic rings. The Morgan fingerprint density at radius 2 is 1.55 bits per heavy atom. The summed E-state index contributed by atoms with van der Waals surface area (Å²) in [4.78, 5) is 27.8. The van der Waals surface area contributed by atoms with Crippen molar-refractivity contribution in [3.63, 3.8) is 0 Å². The maximum absolute atomic E-state index is 14.3. The van der Waals surface area contributed by atoms with E-state index in [1.54, 1.807) is 54.6 Å². The second-order valence-corrected chi connectivity index (χ2v) is 7.71. The van der Waals surface area contributed by atoms with Gasteiger partial charge in [0.25, 0.3) is 11.8 Å². The van der Waals surface area contributed by atoms with E-state index in [1.165, 1.54) is 26.4 Å². The van der Waals surface area contributed by atoms with Gasteiger partial charge in [0.2, 0.25) is 0 Å². The van der Waals surface area contributed by atoms with E-state index in [9.17, 15) is 14.0 Å². The highest BCUT2D eigenvalue weighted by Gasteiger charge is 2.39. The molecule has 6 nitrogen and oxygen atoms in total. The molecule has 33 heavy (non-hydrogen) atoms. The Morgan fingerprint density at radius 3 is 2.15 bits per heavy atom. The highest BCUT2D eigenvalue weighted by Crippen LogP contribution is 2.34. The third-order valence-corrected chi connectivity index (χ3v) is 5.46. The van der Waals surface area contributed by atoms with Crippen LogP contribution in [0.15, 0.2) is 72.4 Å². The normalized spacial score (nSPS) is 13.5. The van der Waals surface area contributed by atoms with Crippen LogP contribution in [0.4, 0.5) is 10.1 Å². The number of benzene rings is 3. The van der Waals surface area contributed by atoms with E-state index < -0.39 is 17.6 Å². The quantitative estimate of drug-likeness (QED) is 0.502. The van der Waals surface area contributed by atoms with E-state index in [0.717, 1.165) is 4.90 Å². The first-order chi connectivity index (χ1) is 15.9. The van der Waals surface area contributed by atoms with E-state index in [1.807, 2.05) is 0 Å².